The molecule has 0 aromatic rings. The maximum absolute atomic E-state index is 12.3. The minimum atomic E-state index is -1.11. The Morgan fingerprint density at radius 3 is 2.68 bits per heavy atom. The smallest absolute Gasteiger partial charge is 0.326 e. The van der Waals surface area contributed by atoms with Crippen LogP contribution in [-0.2, 0) is 9.53 Å². The van der Waals surface area contributed by atoms with Crippen LogP contribution in [0.4, 0.5) is 4.79 Å². The highest BCUT2D eigenvalue weighted by Crippen LogP contribution is 2.21. The number of rotatable bonds is 2. The Labute approximate surface area is 110 Å². The highest BCUT2D eigenvalue weighted by Gasteiger charge is 2.41. The van der Waals surface area contributed by atoms with Gasteiger partial charge in [-0.3, -0.25) is 0 Å². The summed E-state index contributed by atoms with van der Waals surface area (Å²) >= 11 is 0. The maximum atomic E-state index is 12.3. The van der Waals surface area contributed by atoms with Gasteiger partial charge in [-0.1, -0.05) is 0 Å². The number of β-amino-alcohol motifs (C(OH)–C–C–N with tert-alkyl or cyclic N) is 1. The van der Waals surface area contributed by atoms with Gasteiger partial charge in [-0.05, 0) is 0 Å². The molecule has 2 unspecified atom stereocenters. The molecule has 0 spiro atoms. The summed E-state index contributed by atoms with van der Waals surface area (Å²) in [7, 11) is 0. The zero-order chi connectivity index (χ0) is 14.0. The molecule has 0 aliphatic carbocycles. The van der Waals surface area contributed by atoms with Crippen LogP contribution in [0.3, 0.4) is 0 Å². The second-order valence-electron chi connectivity index (χ2n) is 4.80. The predicted molar refractivity (Wildman–Crippen MR) is 62.5 cm³/mol. The number of hydrogen-bond acceptors (Lipinski definition) is 5. The summed E-state index contributed by atoms with van der Waals surface area (Å²) < 4.78 is 5.24. The second-order valence-corrected chi connectivity index (χ2v) is 4.80. The molecule has 2 aliphatic rings. The first-order valence-corrected chi connectivity index (χ1v) is 6.21. The monoisotopic (exact) mass is 274 g/mol. The van der Waals surface area contributed by atoms with Gasteiger partial charge in [0.25, 0.3) is 0 Å². The van der Waals surface area contributed by atoms with Crippen molar-refractivity contribution in [1.82, 2.24) is 9.80 Å². The van der Waals surface area contributed by atoms with Crippen LogP contribution in [0.1, 0.15) is 6.42 Å². The van der Waals surface area contributed by atoms with Crippen LogP contribution >= 0.6 is 0 Å². The van der Waals surface area contributed by atoms with Crippen LogP contribution in [0.25, 0.3) is 0 Å². The summed E-state index contributed by atoms with van der Waals surface area (Å²) in [5, 5.41) is 27.6. The molecule has 0 aromatic carbocycles. The van der Waals surface area contributed by atoms with Gasteiger partial charge in [-0.15, -0.1) is 0 Å². The number of nitrogens with zero attached hydrogens (tertiary/aromatic N) is 2. The van der Waals surface area contributed by atoms with E-state index in [1.54, 1.807) is 0 Å². The Hall–Kier alpha value is -1.38. The molecule has 0 saturated carbocycles. The van der Waals surface area contributed by atoms with Crippen molar-refractivity contribution in [2.45, 2.75) is 24.7 Å². The van der Waals surface area contributed by atoms with Gasteiger partial charge in [-0.25, -0.2) is 9.59 Å². The number of carbonyl (C=O) groups is 2. The van der Waals surface area contributed by atoms with Crippen molar-refractivity contribution < 1.29 is 29.6 Å². The second kappa shape index (κ2) is 5.72. The summed E-state index contributed by atoms with van der Waals surface area (Å²) in [6, 6.07) is -1.41. The molecule has 2 rings (SSSR count). The fourth-order valence-electron chi connectivity index (χ4n) is 2.44. The Morgan fingerprint density at radius 2 is 2.05 bits per heavy atom. The van der Waals surface area contributed by atoms with E-state index in [-0.39, 0.29) is 26.1 Å². The third kappa shape index (κ3) is 2.96. The van der Waals surface area contributed by atoms with Gasteiger partial charge in [-0.2, -0.15) is 0 Å². The van der Waals surface area contributed by atoms with E-state index in [2.05, 4.69) is 0 Å². The number of carboxylic acids is 1. The molecule has 0 bridgehead atoms. The van der Waals surface area contributed by atoms with E-state index >= 15 is 0 Å². The average molecular weight is 274 g/mol. The van der Waals surface area contributed by atoms with Crippen molar-refractivity contribution in [3.05, 3.63) is 0 Å². The number of urea groups is 1. The average Bonchev–Trinajstić information content (AvgIpc) is 2.80. The normalized spacial score (nSPS) is 31.6. The number of carboxylic acid groups (broad SMARTS) is 1. The third-order valence-electron chi connectivity index (χ3n) is 3.42. The lowest BCUT2D eigenvalue weighted by atomic mass is 10.2. The lowest BCUT2D eigenvalue weighted by Crippen LogP contribution is -2.54. The number of ether oxygens (including phenoxy) is 1. The summed E-state index contributed by atoms with van der Waals surface area (Å²) in [6.45, 7) is 0.735. The van der Waals surface area contributed by atoms with Gasteiger partial charge in [0.05, 0.1) is 32.0 Å². The van der Waals surface area contributed by atoms with Crippen LogP contribution in [0, 0.1) is 0 Å². The molecular weight excluding hydrogens is 256 g/mol. The number of hydrogen-bond donors (Lipinski definition) is 3. The molecule has 19 heavy (non-hydrogen) atoms. The van der Waals surface area contributed by atoms with Crippen molar-refractivity contribution in [3.63, 3.8) is 0 Å². The van der Waals surface area contributed by atoms with Crippen LogP contribution in [0.2, 0.25) is 0 Å². The first-order valence-electron chi connectivity index (χ1n) is 6.21. The zero-order valence-corrected chi connectivity index (χ0v) is 10.4. The standard InChI is InChI=1S/C11H18N2O6/c14-6-8-5-12(1-2-19-8)11(18)13-4-7(15)3-9(13)10(16)17/h7-9,14-15H,1-6H2,(H,16,17)/t7?,8?,9-/m0/s1. The van der Waals surface area contributed by atoms with Crippen molar-refractivity contribution >= 4 is 12.0 Å². The number of amides is 2. The van der Waals surface area contributed by atoms with E-state index in [4.69, 9.17) is 14.9 Å². The fourth-order valence-corrected chi connectivity index (χ4v) is 2.44. The Morgan fingerprint density at radius 1 is 1.32 bits per heavy atom. The largest absolute Gasteiger partial charge is 0.480 e. The Bertz CT molecular complexity index is 363. The molecule has 108 valence electrons. The molecule has 2 saturated heterocycles. The van der Waals surface area contributed by atoms with Gasteiger partial charge in [0.2, 0.25) is 0 Å². The number of aliphatic hydroxyl groups excluding tert-OH is 2. The van der Waals surface area contributed by atoms with E-state index in [0.717, 1.165) is 0 Å². The van der Waals surface area contributed by atoms with Crippen molar-refractivity contribution in [2.24, 2.45) is 0 Å². The number of morpholine rings is 1. The number of likely N-dealkylation sites (tertiary alicyclic amines) is 1. The van der Waals surface area contributed by atoms with E-state index in [1.165, 1.54) is 9.80 Å². The van der Waals surface area contributed by atoms with Gasteiger partial charge in [0.15, 0.2) is 0 Å². The lowest BCUT2D eigenvalue weighted by molar-refractivity contribution is -0.141. The molecule has 2 heterocycles. The Balaban J connectivity index is 2.03. The summed E-state index contributed by atoms with van der Waals surface area (Å²) in [6.07, 6.45) is -1.19. The molecule has 2 fully saturated rings. The van der Waals surface area contributed by atoms with Crippen LogP contribution in [0.5, 0.6) is 0 Å². The quantitative estimate of drug-likeness (QED) is 0.554. The number of aliphatic hydroxyl groups is 2. The highest BCUT2D eigenvalue weighted by atomic mass is 16.5. The molecule has 3 atom stereocenters. The van der Waals surface area contributed by atoms with Gasteiger partial charge in [0, 0.05) is 19.5 Å². The lowest BCUT2D eigenvalue weighted by Gasteiger charge is -2.35. The molecule has 2 aliphatic heterocycles. The van der Waals surface area contributed by atoms with Crippen LogP contribution in [-0.4, -0.2) is 88.2 Å². The first kappa shape index (κ1) is 14.0. The van der Waals surface area contributed by atoms with Crippen molar-refractivity contribution in [2.75, 3.05) is 32.8 Å². The first-order chi connectivity index (χ1) is 9.02. The molecule has 0 aromatic heterocycles. The topological polar surface area (TPSA) is 111 Å². The molecule has 2 amide bonds. The minimum Gasteiger partial charge on any atom is -0.480 e. The molecular formula is C11H18N2O6. The molecule has 8 nitrogen and oxygen atoms in total. The van der Waals surface area contributed by atoms with Gasteiger partial charge >= 0.3 is 12.0 Å². The Kier molecular flexibility index (Phi) is 4.23. The van der Waals surface area contributed by atoms with Gasteiger partial charge in [0.1, 0.15) is 6.04 Å². The minimum absolute atomic E-state index is 0.0248. The highest BCUT2D eigenvalue weighted by molar-refractivity contribution is 5.83. The van der Waals surface area contributed by atoms with E-state index in [9.17, 15) is 14.7 Å². The van der Waals surface area contributed by atoms with Gasteiger partial charge < -0.3 is 29.9 Å². The summed E-state index contributed by atoms with van der Waals surface area (Å²) in [5.41, 5.74) is 0. The van der Waals surface area contributed by atoms with Crippen molar-refractivity contribution in [3.8, 4) is 0 Å². The molecule has 0 radical (unpaired) electrons. The fraction of sp³-hybridized carbons (Fsp3) is 0.818. The number of carbonyl (C=O) groups excluding carboxylic acids is 1. The predicted octanol–water partition coefficient (Wildman–Crippen LogP) is -1.68. The van der Waals surface area contributed by atoms with Crippen LogP contribution < -0.4 is 0 Å². The van der Waals surface area contributed by atoms with E-state index < -0.39 is 30.3 Å². The molecule has 8 heteroatoms. The van der Waals surface area contributed by atoms with Crippen molar-refractivity contribution in [1.29, 1.82) is 0 Å². The van der Waals surface area contributed by atoms with E-state index in [1.807, 2.05) is 0 Å². The molecule has 3 N–H and O–H groups in total. The summed E-state index contributed by atoms with van der Waals surface area (Å²) in [5.74, 6) is -1.11. The zero-order valence-electron chi connectivity index (χ0n) is 10.4. The van der Waals surface area contributed by atoms with E-state index in [0.29, 0.717) is 13.2 Å². The third-order valence-corrected chi connectivity index (χ3v) is 3.42. The van der Waals surface area contributed by atoms with Crippen LogP contribution in [0.15, 0.2) is 0 Å². The maximum Gasteiger partial charge on any atom is 0.326 e. The number of aliphatic carboxylic acids is 1. The SMILES string of the molecule is O=C(O)[C@@H]1CC(O)CN1C(=O)N1CCOC(CO)C1. The summed E-state index contributed by atoms with van der Waals surface area (Å²) in [4.78, 5) is 26.0.